The average molecular weight is 576 g/mol. The number of carbonyl (C=O) groups is 1. The highest BCUT2D eigenvalue weighted by Gasteiger charge is 2.21. The molecule has 1 amide bonds. The van der Waals surface area contributed by atoms with Crippen LogP contribution in [-0.2, 0) is 12.8 Å². The number of fused-ring (bicyclic) bond motifs is 1. The van der Waals surface area contributed by atoms with E-state index in [1.807, 2.05) is 43.4 Å². The van der Waals surface area contributed by atoms with Gasteiger partial charge in [0.1, 0.15) is 0 Å². The lowest BCUT2D eigenvalue weighted by Crippen LogP contribution is -2.48. The molecule has 0 radical (unpaired) electrons. The van der Waals surface area contributed by atoms with Crippen LogP contribution in [0.25, 0.3) is 10.8 Å². The predicted molar refractivity (Wildman–Crippen MR) is 166 cm³/mol. The Bertz CT molecular complexity index is 1420. The fraction of sp³-hybridized carbons (Fsp3) is 0.303. The van der Waals surface area contributed by atoms with Gasteiger partial charge in [0.2, 0.25) is 5.75 Å². The van der Waals surface area contributed by atoms with E-state index < -0.39 is 0 Å². The van der Waals surface area contributed by atoms with Gasteiger partial charge in [0.05, 0.1) is 21.3 Å². The molecule has 0 aliphatic rings. The summed E-state index contributed by atoms with van der Waals surface area (Å²) < 4.78 is 16.4. The van der Waals surface area contributed by atoms with Gasteiger partial charge in [-0.3, -0.25) is 4.79 Å². The highest BCUT2D eigenvalue weighted by molar-refractivity contribution is 6.30. The molecule has 0 saturated carbocycles. The van der Waals surface area contributed by atoms with Crippen LogP contribution >= 0.6 is 11.6 Å². The summed E-state index contributed by atoms with van der Waals surface area (Å²) in [5.74, 6) is 1.08. The van der Waals surface area contributed by atoms with Crippen molar-refractivity contribution < 1.29 is 19.0 Å². The third-order valence-corrected chi connectivity index (χ3v) is 7.31. The van der Waals surface area contributed by atoms with E-state index in [4.69, 9.17) is 25.8 Å². The number of benzene rings is 4. The van der Waals surface area contributed by atoms with Crippen LogP contribution in [0, 0.1) is 0 Å². The molecule has 0 spiro atoms. The molecule has 2 atom stereocenters. The largest absolute Gasteiger partial charge is 0.493 e. The SMILES string of the molecule is CNC[C@H](Cc1ccc(Cl)cc1)NC[C@H](Cc1ccc2ccccc2c1)NC(=O)c1cc(OC)c(OC)c(OC)c1. The molecule has 0 heterocycles. The van der Waals surface area contributed by atoms with Crippen LogP contribution < -0.4 is 30.2 Å². The molecule has 7 nitrogen and oxygen atoms in total. The second kappa shape index (κ2) is 14.7. The van der Waals surface area contributed by atoms with Crippen molar-refractivity contribution in [1.82, 2.24) is 16.0 Å². The molecule has 4 rings (SSSR count). The Morgan fingerprint density at radius 2 is 1.39 bits per heavy atom. The highest BCUT2D eigenvalue weighted by atomic mass is 35.5. The quantitative estimate of drug-likeness (QED) is 0.190. The van der Waals surface area contributed by atoms with E-state index in [0.29, 0.717) is 35.8 Å². The van der Waals surface area contributed by atoms with Crippen molar-refractivity contribution in [1.29, 1.82) is 0 Å². The first kappa shape index (κ1) is 30.2. The van der Waals surface area contributed by atoms with E-state index in [9.17, 15) is 4.79 Å². The van der Waals surface area contributed by atoms with Gasteiger partial charge in [0.15, 0.2) is 11.5 Å². The van der Waals surface area contributed by atoms with Crippen molar-refractivity contribution in [2.75, 3.05) is 41.5 Å². The molecule has 0 aliphatic carbocycles. The Kier molecular flexibility index (Phi) is 10.8. The Labute approximate surface area is 247 Å². The fourth-order valence-corrected chi connectivity index (χ4v) is 5.11. The van der Waals surface area contributed by atoms with Crippen molar-refractivity contribution >= 4 is 28.3 Å². The first-order chi connectivity index (χ1) is 19.9. The van der Waals surface area contributed by atoms with E-state index in [2.05, 4.69) is 46.3 Å². The first-order valence-corrected chi connectivity index (χ1v) is 14.0. The third-order valence-electron chi connectivity index (χ3n) is 7.06. The first-order valence-electron chi connectivity index (χ1n) is 13.6. The van der Waals surface area contributed by atoms with Crippen LogP contribution in [0.1, 0.15) is 21.5 Å². The van der Waals surface area contributed by atoms with Gasteiger partial charge in [-0.15, -0.1) is 0 Å². The lowest BCUT2D eigenvalue weighted by molar-refractivity contribution is 0.0934. The highest BCUT2D eigenvalue weighted by Crippen LogP contribution is 2.38. The zero-order valence-electron chi connectivity index (χ0n) is 24.0. The number of ether oxygens (including phenoxy) is 3. The summed E-state index contributed by atoms with van der Waals surface area (Å²) in [6.07, 6.45) is 1.47. The van der Waals surface area contributed by atoms with E-state index >= 15 is 0 Å². The van der Waals surface area contributed by atoms with Crippen molar-refractivity contribution in [2.24, 2.45) is 0 Å². The van der Waals surface area contributed by atoms with Gasteiger partial charge < -0.3 is 30.2 Å². The van der Waals surface area contributed by atoms with Crippen molar-refractivity contribution in [2.45, 2.75) is 24.9 Å². The summed E-state index contributed by atoms with van der Waals surface area (Å²) in [4.78, 5) is 13.6. The molecule has 8 heteroatoms. The van der Waals surface area contributed by atoms with Crippen LogP contribution in [0.4, 0.5) is 0 Å². The van der Waals surface area contributed by atoms with Gasteiger partial charge in [-0.25, -0.2) is 0 Å². The summed E-state index contributed by atoms with van der Waals surface area (Å²) in [7, 11) is 6.55. The standard InChI is InChI=1S/C33H38ClN3O4/c1-35-20-28(16-22-10-13-27(34)14-11-22)36-21-29(17-23-9-12-24-7-5-6-8-25(24)15-23)37-33(38)26-18-30(39-2)32(41-4)31(19-26)40-3/h5-15,18-19,28-29,35-36H,16-17,20-21H2,1-4H3,(H,37,38)/t28-,29-/m0/s1. The van der Waals surface area contributed by atoms with E-state index in [-0.39, 0.29) is 18.0 Å². The number of rotatable bonds is 14. The number of nitrogens with one attached hydrogen (secondary N) is 3. The van der Waals surface area contributed by atoms with E-state index in [1.165, 1.54) is 37.7 Å². The van der Waals surface area contributed by atoms with Crippen LogP contribution in [0.3, 0.4) is 0 Å². The van der Waals surface area contributed by atoms with Crippen LogP contribution in [0.2, 0.25) is 5.02 Å². The topological polar surface area (TPSA) is 80.9 Å². The predicted octanol–water partition coefficient (Wildman–Crippen LogP) is 5.28. The van der Waals surface area contributed by atoms with E-state index in [0.717, 1.165) is 23.6 Å². The Morgan fingerprint density at radius 1 is 0.756 bits per heavy atom. The van der Waals surface area contributed by atoms with E-state index in [1.54, 1.807) is 12.1 Å². The minimum atomic E-state index is -0.222. The molecule has 216 valence electrons. The third kappa shape index (κ3) is 8.13. The van der Waals surface area contributed by atoms with Gasteiger partial charge in [0, 0.05) is 35.8 Å². The minimum Gasteiger partial charge on any atom is -0.493 e. The molecule has 4 aromatic rings. The summed E-state index contributed by atoms with van der Waals surface area (Å²) >= 11 is 6.09. The molecule has 0 fully saturated rings. The summed E-state index contributed by atoms with van der Waals surface area (Å²) in [5.41, 5.74) is 2.76. The summed E-state index contributed by atoms with van der Waals surface area (Å²) in [6.45, 7) is 1.34. The number of hydrogen-bond acceptors (Lipinski definition) is 6. The van der Waals surface area contributed by atoms with Crippen LogP contribution in [-0.4, -0.2) is 59.5 Å². The Morgan fingerprint density at radius 3 is 2.02 bits per heavy atom. The number of hydrogen-bond donors (Lipinski definition) is 3. The monoisotopic (exact) mass is 575 g/mol. The molecular formula is C33H38ClN3O4. The second-order valence-electron chi connectivity index (χ2n) is 9.96. The van der Waals surface area contributed by atoms with Gasteiger partial charge in [-0.05, 0) is 66.1 Å². The zero-order valence-corrected chi connectivity index (χ0v) is 24.8. The molecule has 4 aromatic carbocycles. The minimum absolute atomic E-state index is 0.151. The van der Waals surface area contributed by atoms with Crippen molar-refractivity contribution in [3.8, 4) is 17.2 Å². The van der Waals surface area contributed by atoms with Gasteiger partial charge in [-0.1, -0.05) is 66.2 Å². The molecule has 0 bridgehead atoms. The lowest BCUT2D eigenvalue weighted by Gasteiger charge is -2.25. The van der Waals surface area contributed by atoms with Gasteiger partial charge in [-0.2, -0.15) is 0 Å². The lowest BCUT2D eigenvalue weighted by atomic mass is 10.0. The number of likely N-dealkylation sites (N-methyl/N-ethyl adjacent to an activating group) is 1. The fourth-order valence-electron chi connectivity index (χ4n) is 4.98. The molecular weight excluding hydrogens is 538 g/mol. The maximum absolute atomic E-state index is 13.6. The van der Waals surface area contributed by atoms with Gasteiger partial charge in [0.25, 0.3) is 5.91 Å². The Balaban J connectivity index is 1.56. The van der Waals surface area contributed by atoms with Gasteiger partial charge >= 0.3 is 0 Å². The molecule has 0 aromatic heterocycles. The second-order valence-corrected chi connectivity index (χ2v) is 10.4. The maximum Gasteiger partial charge on any atom is 0.251 e. The van der Waals surface area contributed by atoms with Crippen molar-refractivity contribution in [3.63, 3.8) is 0 Å². The number of halogens is 1. The van der Waals surface area contributed by atoms with Crippen LogP contribution in [0.5, 0.6) is 17.2 Å². The normalized spacial score (nSPS) is 12.5. The zero-order chi connectivity index (χ0) is 29.2. The molecule has 41 heavy (non-hydrogen) atoms. The smallest absolute Gasteiger partial charge is 0.251 e. The molecule has 0 unspecified atom stereocenters. The maximum atomic E-state index is 13.6. The van der Waals surface area contributed by atoms with Crippen LogP contribution in [0.15, 0.2) is 78.9 Å². The average Bonchev–Trinajstić information content (AvgIpc) is 3.00. The summed E-state index contributed by atoms with van der Waals surface area (Å²) in [5, 5.41) is 13.3. The number of amides is 1. The van der Waals surface area contributed by atoms with Crippen molar-refractivity contribution in [3.05, 3.63) is 101 Å². The molecule has 0 saturated heterocycles. The Hall–Kier alpha value is -3.78. The molecule has 0 aliphatic heterocycles. The number of carbonyl (C=O) groups excluding carboxylic acids is 1. The number of methoxy groups -OCH3 is 3. The summed E-state index contributed by atoms with van der Waals surface area (Å²) in [6, 6.07) is 25.9. The molecule has 3 N–H and O–H groups in total.